The van der Waals surface area contributed by atoms with E-state index in [1.165, 1.54) is 10.7 Å². The highest BCUT2D eigenvalue weighted by Crippen LogP contribution is 2.31. The molecule has 4 nitrogen and oxygen atoms in total. The van der Waals surface area contributed by atoms with Gasteiger partial charge in [-0.3, -0.25) is 0 Å². The van der Waals surface area contributed by atoms with Crippen LogP contribution in [0.4, 0.5) is 0 Å². The molecule has 1 fully saturated rings. The molecule has 2 rings (SSSR count). The molecule has 1 saturated heterocycles. The first-order valence-electron chi connectivity index (χ1n) is 6.37. The lowest BCUT2D eigenvalue weighted by molar-refractivity contribution is 0.338. The van der Waals surface area contributed by atoms with E-state index >= 15 is 0 Å². The Balaban J connectivity index is 2.10. The Morgan fingerprint density at radius 3 is 2.79 bits per heavy atom. The van der Waals surface area contributed by atoms with Crippen LogP contribution < -0.4 is 5.32 Å². The van der Waals surface area contributed by atoms with Crippen molar-refractivity contribution in [2.45, 2.75) is 36.4 Å². The predicted octanol–water partition coefficient (Wildman–Crippen LogP) is 2.47. The minimum absolute atomic E-state index is 0.255. The van der Waals surface area contributed by atoms with Gasteiger partial charge in [0.2, 0.25) is 0 Å². The van der Waals surface area contributed by atoms with Crippen LogP contribution in [-0.2, 0) is 10.0 Å². The standard InChI is InChI=1S/C12H19ClN2O2S2/c1-9-7-11(18-12(9)13)19(16,17)15(2)8-10-5-3-4-6-14-10/h7,10,14H,3-6,8H2,1-2H3. The third-order valence-electron chi connectivity index (χ3n) is 3.39. The van der Waals surface area contributed by atoms with E-state index in [0.29, 0.717) is 15.1 Å². The second kappa shape index (κ2) is 6.10. The van der Waals surface area contributed by atoms with Gasteiger partial charge in [-0.15, -0.1) is 11.3 Å². The molecule has 0 bridgehead atoms. The summed E-state index contributed by atoms with van der Waals surface area (Å²) >= 11 is 7.08. The fraction of sp³-hybridized carbons (Fsp3) is 0.667. The Bertz CT molecular complexity index is 516. The van der Waals surface area contributed by atoms with E-state index in [0.717, 1.165) is 36.3 Å². The maximum Gasteiger partial charge on any atom is 0.252 e. The Labute approximate surface area is 123 Å². The van der Waals surface area contributed by atoms with E-state index < -0.39 is 10.0 Å². The summed E-state index contributed by atoms with van der Waals surface area (Å²) < 4.78 is 27.1. The normalized spacial score (nSPS) is 20.9. The predicted molar refractivity (Wildman–Crippen MR) is 79.5 cm³/mol. The number of hydrogen-bond donors (Lipinski definition) is 1. The first-order chi connectivity index (χ1) is 8.91. The van der Waals surface area contributed by atoms with Gasteiger partial charge in [-0.05, 0) is 37.9 Å². The van der Waals surface area contributed by atoms with Crippen molar-refractivity contribution in [3.05, 3.63) is 16.0 Å². The highest BCUT2D eigenvalue weighted by molar-refractivity contribution is 7.91. The summed E-state index contributed by atoms with van der Waals surface area (Å²) in [6, 6.07) is 1.90. The molecule has 0 spiro atoms. The molecular weight excluding hydrogens is 304 g/mol. The minimum atomic E-state index is -3.41. The van der Waals surface area contributed by atoms with Crippen LogP contribution >= 0.6 is 22.9 Å². The van der Waals surface area contributed by atoms with Crippen molar-refractivity contribution in [1.82, 2.24) is 9.62 Å². The quantitative estimate of drug-likeness (QED) is 0.926. The zero-order valence-corrected chi connectivity index (χ0v) is 13.5. The molecule has 0 saturated carbocycles. The third-order valence-corrected chi connectivity index (χ3v) is 7.22. The summed E-state index contributed by atoms with van der Waals surface area (Å²) in [6.45, 7) is 3.31. The number of hydrogen-bond acceptors (Lipinski definition) is 4. The largest absolute Gasteiger partial charge is 0.313 e. The van der Waals surface area contributed by atoms with Crippen molar-refractivity contribution in [2.24, 2.45) is 0 Å². The van der Waals surface area contributed by atoms with E-state index in [1.54, 1.807) is 13.1 Å². The Morgan fingerprint density at radius 2 is 2.26 bits per heavy atom. The summed E-state index contributed by atoms with van der Waals surface area (Å²) in [5, 5.41) is 3.36. The van der Waals surface area contributed by atoms with Gasteiger partial charge in [0.1, 0.15) is 4.21 Å². The van der Waals surface area contributed by atoms with Gasteiger partial charge in [0.15, 0.2) is 0 Å². The lowest BCUT2D eigenvalue weighted by atomic mass is 10.1. The molecule has 0 radical (unpaired) electrons. The number of aryl methyl sites for hydroxylation is 1. The first kappa shape index (κ1) is 15.3. The van der Waals surface area contributed by atoms with E-state index in [-0.39, 0.29) is 6.04 Å². The summed E-state index contributed by atoms with van der Waals surface area (Å²) in [4.78, 5) is 0. The van der Waals surface area contributed by atoms with Crippen molar-refractivity contribution >= 4 is 33.0 Å². The number of likely N-dealkylation sites (N-methyl/N-ethyl adjacent to an activating group) is 1. The fourth-order valence-electron chi connectivity index (χ4n) is 2.20. The maximum absolute atomic E-state index is 12.4. The molecule has 1 aromatic rings. The molecule has 0 aromatic carbocycles. The number of thiophene rings is 1. The Kier molecular flexibility index (Phi) is 4.89. The minimum Gasteiger partial charge on any atom is -0.313 e. The molecule has 1 N–H and O–H groups in total. The van der Waals surface area contributed by atoms with Crippen LogP contribution in [0.1, 0.15) is 24.8 Å². The number of rotatable bonds is 4. The number of sulfonamides is 1. The van der Waals surface area contributed by atoms with Crippen LogP contribution in [-0.4, -0.2) is 38.9 Å². The smallest absolute Gasteiger partial charge is 0.252 e. The van der Waals surface area contributed by atoms with Crippen molar-refractivity contribution in [3.8, 4) is 0 Å². The summed E-state index contributed by atoms with van der Waals surface area (Å²) in [5.41, 5.74) is 0.814. The second-order valence-electron chi connectivity index (χ2n) is 4.95. The molecule has 1 unspecified atom stereocenters. The van der Waals surface area contributed by atoms with E-state index in [2.05, 4.69) is 5.32 Å². The lowest BCUT2D eigenvalue weighted by Gasteiger charge is -2.27. The molecule has 1 aliphatic heterocycles. The molecule has 1 aliphatic rings. The van der Waals surface area contributed by atoms with Crippen LogP contribution in [0.2, 0.25) is 4.34 Å². The van der Waals surface area contributed by atoms with Gasteiger partial charge in [-0.2, -0.15) is 4.31 Å². The van der Waals surface area contributed by atoms with Crippen molar-refractivity contribution in [3.63, 3.8) is 0 Å². The molecule has 7 heteroatoms. The van der Waals surface area contributed by atoms with Gasteiger partial charge in [0, 0.05) is 19.6 Å². The number of piperidine rings is 1. The molecule has 108 valence electrons. The van der Waals surface area contributed by atoms with Crippen molar-refractivity contribution < 1.29 is 8.42 Å². The highest BCUT2D eigenvalue weighted by Gasteiger charge is 2.26. The summed E-state index contributed by atoms with van der Waals surface area (Å²) in [6.07, 6.45) is 3.37. The SMILES string of the molecule is Cc1cc(S(=O)(=O)N(C)CC2CCCCN2)sc1Cl. The number of halogens is 1. The fourth-order valence-corrected chi connectivity index (χ4v) is 5.34. The number of nitrogens with zero attached hydrogens (tertiary/aromatic N) is 1. The maximum atomic E-state index is 12.4. The van der Waals surface area contributed by atoms with Crippen LogP contribution in [0.25, 0.3) is 0 Å². The molecule has 19 heavy (non-hydrogen) atoms. The van der Waals surface area contributed by atoms with Gasteiger partial charge in [0.25, 0.3) is 10.0 Å². The molecule has 2 heterocycles. The monoisotopic (exact) mass is 322 g/mol. The van der Waals surface area contributed by atoms with Crippen molar-refractivity contribution in [1.29, 1.82) is 0 Å². The second-order valence-corrected chi connectivity index (χ2v) is 8.88. The summed E-state index contributed by atoms with van der Waals surface area (Å²) in [5.74, 6) is 0. The van der Waals surface area contributed by atoms with Gasteiger partial charge in [-0.1, -0.05) is 18.0 Å². The molecular formula is C12H19ClN2O2S2. The van der Waals surface area contributed by atoms with Crippen LogP contribution in [0.15, 0.2) is 10.3 Å². The van der Waals surface area contributed by atoms with Crippen LogP contribution in [0.5, 0.6) is 0 Å². The molecule has 1 atom stereocenters. The number of nitrogens with one attached hydrogen (secondary N) is 1. The summed E-state index contributed by atoms with van der Waals surface area (Å²) in [7, 11) is -1.78. The Morgan fingerprint density at radius 1 is 1.53 bits per heavy atom. The van der Waals surface area contributed by atoms with Gasteiger partial charge in [-0.25, -0.2) is 8.42 Å². The average Bonchev–Trinajstić information content (AvgIpc) is 2.71. The van der Waals surface area contributed by atoms with E-state index in [9.17, 15) is 8.42 Å². The average molecular weight is 323 g/mol. The zero-order chi connectivity index (χ0) is 14.0. The third kappa shape index (κ3) is 3.49. The lowest BCUT2D eigenvalue weighted by Crippen LogP contribution is -2.44. The van der Waals surface area contributed by atoms with Gasteiger partial charge >= 0.3 is 0 Å². The van der Waals surface area contributed by atoms with Gasteiger partial charge in [0.05, 0.1) is 4.34 Å². The van der Waals surface area contributed by atoms with Gasteiger partial charge < -0.3 is 5.32 Å². The van der Waals surface area contributed by atoms with Crippen LogP contribution in [0.3, 0.4) is 0 Å². The first-order valence-corrected chi connectivity index (χ1v) is 9.00. The van der Waals surface area contributed by atoms with E-state index in [4.69, 9.17) is 11.6 Å². The molecule has 0 amide bonds. The molecule has 1 aromatic heterocycles. The van der Waals surface area contributed by atoms with E-state index in [1.807, 2.05) is 6.92 Å². The highest BCUT2D eigenvalue weighted by atomic mass is 35.5. The zero-order valence-electron chi connectivity index (χ0n) is 11.1. The van der Waals surface area contributed by atoms with Crippen LogP contribution in [0, 0.1) is 6.92 Å². The van der Waals surface area contributed by atoms with Crippen molar-refractivity contribution in [2.75, 3.05) is 20.1 Å². The topological polar surface area (TPSA) is 49.4 Å². The Hall–Kier alpha value is -0.140. The molecule has 0 aliphatic carbocycles.